The molecule has 2 rings (SSSR count). The van der Waals surface area contributed by atoms with Crippen LogP contribution in [-0.4, -0.2) is 16.9 Å². The number of aryl methyl sites for hydroxylation is 1. The molecule has 0 spiro atoms. The van der Waals surface area contributed by atoms with Gasteiger partial charge in [0.15, 0.2) is 5.78 Å². The molecule has 0 aromatic heterocycles. The summed E-state index contributed by atoms with van der Waals surface area (Å²) in [6.45, 7) is 1.95. The molecule has 1 aromatic rings. The van der Waals surface area contributed by atoms with Crippen molar-refractivity contribution in [1.29, 1.82) is 0 Å². The molecule has 1 saturated carbocycles. The largest absolute Gasteiger partial charge is 0.481 e. The van der Waals surface area contributed by atoms with Crippen LogP contribution in [0.4, 0.5) is 0 Å². The number of rotatable bonds is 4. The highest BCUT2D eigenvalue weighted by molar-refractivity contribution is 5.97. The normalized spacial score (nSPS) is 23.0. The van der Waals surface area contributed by atoms with E-state index in [1.54, 1.807) is 0 Å². The van der Waals surface area contributed by atoms with Gasteiger partial charge in [-0.05, 0) is 44.1 Å². The predicted molar refractivity (Wildman–Crippen MR) is 73.2 cm³/mol. The number of hydrogen-bond donors (Lipinski definition) is 1. The molecule has 3 nitrogen and oxygen atoms in total. The van der Waals surface area contributed by atoms with Gasteiger partial charge in [0.2, 0.25) is 0 Å². The van der Waals surface area contributed by atoms with Gasteiger partial charge in [0.1, 0.15) is 0 Å². The van der Waals surface area contributed by atoms with E-state index < -0.39 is 5.97 Å². The van der Waals surface area contributed by atoms with Crippen LogP contribution in [0.3, 0.4) is 0 Å². The summed E-state index contributed by atoms with van der Waals surface area (Å²) < 4.78 is 0. The fourth-order valence-corrected chi connectivity index (χ4v) is 2.87. The molecule has 19 heavy (non-hydrogen) atoms. The molecule has 102 valence electrons. The van der Waals surface area contributed by atoms with E-state index in [2.05, 4.69) is 0 Å². The first-order chi connectivity index (χ1) is 9.08. The van der Waals surface area contributed by atoms with Crippen LogP contribution in [-0.2, 0) is 4.79 Å². The van der Waals surface area contributed by atoms with Gasteiger partial charge in [0.25, 0.3) is 0 Å². The molecule has 1 fully saturated rings. The third kappa shape index (κ3) is 3.43. The molecule has 1 N–H and O–H groups in total. The van der Waals surface area contributed by atoms with Crippen LogP contribution in [0.5, 0.6) is 0 Å². The van der Waals surface area contributed by atoms with E-state index in [9.17, 15) is 9.59 Å². The van der Waals surface area contributed by atoms with E-state index in [1.165, 1.54) is 0 Å². The summed E-state index contributed by atoms with van der Waals surface area (Å²) in [5, 5.41) is 8.95. The van der Waals surface area contributed by atoms with Crippen LogP contribution >= 0.6 is 0 Å². The minimum Gasteiger partial charge on any atom is -0.481 e. The Bertz CT molecular complexity index is 471. The highest BCUT2D eigenvalue weighted by Gasteiger charge is 2.27. The van der Waals surface area contributed by atoms with Crippen molar-refractivity contribution in [1.82, 2.24) is 0 Å². The van der Waals surface area contributed by atoms with E-state index in [0.717, 1.165) is 24.0 Å². The first kappa shape index (κ1) is 13.8. The molecule has 0 atom stereocenters. The van der Waals surface area contributed by atoms with Crippen LogP contribution < -0.4 is 0 Å². The van der Waals surface area contributed by atoms with Gasteiger partial charge in [-0.2, -0.15) is 0 Å². The van der Waals surface area contributed by atoms with Crippen LogP contribution in [0.15, 0.2) is 24.3 Å². The lowest BCUT2D eigenvalue weighted by molar-refractivity contribution is -0.143. The van der Waals surface area contributed by atoms with E-state index in [1.807, 2.05) is 31.2 Å². The van der Waals surface area contributed by atoms with Crippen LogP contribution in [0.1, 0.15) is 48.0 Å². The van der Waals surface area contributed by atoms with Gasteiger partial charge >= 0.3 is 5.97 Å². The van der Waals surface area contributed by atoms with Crippen molar-refractivity contribution >= 4 is 11.8 Å². The standard InChI is InChI=1S/C16H20O3/c1-11-4-2-3-5-14(11)15(17)10-12-6-8-13(9-7-12)16(18)19/h2-5,12-13H,6-10H2,1H3,(H,18,19). The Morgan fingerprint density at radius 2 is 1.79 bits per heavy atom. The number of aliphatic carboxylic acids is 1. The van der Waals surface area contributed by atoms with Gasteiger partial charge in [0.05, 0.1) is 5.92 Å². The fourth-order valence-electron chi connectivity index (χ4n) is 2.87. The minimum atomic E-state index is -0.691. The Balaban J connectivity index is 1.91. The number of carbonyl (C=O) groups excluding carboxylic acids is 1. The second-order valence-electron chi connectivity index (χ2n) is 5.50. The molecule has 0 heterocycles. The van der Waals surface area contributed by atoms with Gasteiger partial charge in [-0.15, -0.1) is 0 Å². The maximum absolute atomic E-state index is 12.2. The summed E-state index contributed by atoms with van der Waals surface area (Å²) in [5.74, 6) is -0.354. The van der Waals surface area contributed by atoms with Crippen molar-refractivity contribution in [3.8, 4) is 0 Å². The van der Waals surface area contributed by atoms with Gasteiger partial charge in [-0.1, -0.05) is 24.3 Å². The van der Waals surface area contributed by atoms with Gasteiger partial charge < -0.3 is 5.11 Å². The summed E-state index contributed by atoms with van der Waals surface area (Å²) in [5.41, 5.74) is 1.83. The summed E-state index contributed by atoms with van der Waals surface area (Å²) in [6.07, 6.45) is 3.68. The lowest BCUT2D eigenvalue weighted by Crippen LogP contribution is -2.23. The highest BCUT2D eigenvalue weighted by Crippen LogP contribution is 2.31. The Kier molecular flexibility index (Phi) is 4.35. The molecular formula is C16H20O3. The highest BCUT2D eigenvalue weighted by atomic mass is 16.4. The number of hydrogen-bond acceptors (Lipinski definition) is 2. The SMILES string of the molecule is Cc1ccccc1C(=O)CC1CCC(C(=O)O)CC1. The summed E-state index contributed by atoms with van der Waals surface area (Å²) >= 11 is 0. The number of carbonyl (C=O) groups is 2. The lowest BCUT2D eigenvalue weighted by atomic mass is 9.79. The van der Waals surface area contributed by atoms with Gasteiger partial charge in [-0.3, -0.25) is 9.59 Å². The quantitative estimate of drug-likeness (QED) is 0.843. The van der Waals surface area contributed by atoms with Crippen molar-refractivity contribution in [2.45, 2.75) is 39.0 Å². The molecular weight excluding hydrogens is 240 g/mol. The monoisotopic (exact) mass is 260 g/mol. The Labute approximate surface area is 113 Å². The third-order valence-electron chi connectivity index (χ3n) is 4.12. The Morgan fingerprint density at radius 3 is 2.37 bits per heavy atom. The van der Waals surface area contributed by atoms with Crippen molar-refractivity contribution in [3.05, 3.63) is 35.4 Å². The molecule has 0 bridgehead atoms. The first-order valence-corrected chi connectivity index (χ1v) is 6.89. The minimum absolute atomic E-state index is 0.192. The summed E-state index contributed by atoms with van der Waals surface area (Å²) in [4.78, 5) is 23.1. The Hall–Kier alpha value is -1.64. The molecule has 0 unspecified atom stereocenters. The topological polar surface area (TPSA) is 54.4 Å². The number of ketones is 1. The maximum atomic E-state index is 12.2. The molecule has 3 heteroatoms. The Morgan fingerprint density at radius 1 is 1.16 bits per heavy atom. The first-order valence-electron chi connectivity index (χ1n) is 6.89. The predicted octanol–water partition coefficient (Wildman–Crippen LogP) is 3.46. The van der Waals surface area contributed by atoms with E-state index in [0.29, 0.717) is 25.2 Å². The van der Waals surface area contributed by atoms with Crippen molar-refractivity contribution < 1.29 is 14.7 Å². The molecule has 0 radical (unpaired) electrons. The molecule has 1 aromatic carbocycles. The number of benzene rings is 1. The summed E-state index contributed by atoms with van der Waals surface area (Å²) in [7, 11) is 0. The zero-order chi connectivity index (χ0) is 13.8. The van der Waals surface area contributed by atoms with Crippen LogP contribution in [0, 0.1) is 18.8 Å². The zero-order valence-electron chi connectivity index (χ0n) is 11.3. The van der Waals surface area contributed by atoms with Gasteiger partial charge in [0, 0.05) is 12.0 Å². The molecule has 0 saturated heterocycles. The van der Waals surface area contributed by atoms with E-state index in [-0.39, 0.29) is 11.7 Å². The van der Waals surface area contributed by atoms with Crippen LogP contribution in [0.2, 0.25) is 0 Å². The van der Waals surface area contributed by atoms with Gasteiger partial charge in [-0.25, -0.2) is 0 Å². The van der Waals surface area contributed by atoms with Crippen molar-refractivity contribution in [2.75, 3.05) is 0 Å². The maximum Gasteiger partial charge on any atom is 0.306 e. The third-order valence-corrected chi connectivity index (χ3v) is 4.12. The van der Waals surface area contributed by atoms with Crippen LogP contribution in [0.25, 0.3) is 0 Å². The molecule has 0 aliphatic heterocycles. The molecule has 1 aliphatic rings. The van der Waals surface area contributed by atoms with E-state index >= 15 is 0 Å². The molecule has 0 amide bonds. The number of carboxylic acid groups (broad SMARTS) is 1. The second-order valence-corrected chi connectivity index (χ2v) is 5.50. The average Bonchev–Trinajstić information content (AvgIpc) is 2.39. The smallest absolute Gasteiger partial charge is 0.306 e. The zero-order valence-corrected chi connectivity index (χ0v) is 11.3. The summed E-state index contributed by atoms with van der Waals surface area (Å²) in [6, 6.07) is 7.65. The van der Waals surface area contributed by atoms with Crippen molar-refractivity contribution in [3.63, 3.8) is 0 Å². The average molecular weight is 260 g/mol. The number of Topliss-reactive ketones (excluding diaryl/α,β-unsaturated/α-hetero) is 1. The molecule has 1 aliphatic carbocycles. The number of carboxylic acids is 1. The fraction of sp³-hybridized carbons (Fsp3) is 0.500. The second kappa shape index (κ2) is 6.00. The lowest BCUT2D eigenvalue weighted by Gasteiger charge is -2.25. The van der Waals surface area contributed by atoms with E-state index in [4.69, 9.17) is 5.11 Å². The van der Waals surface area contributed by atoms with Crippen molar-refractivity contribution in [2.24, 2.45) is 11.8 Å².